The summed E-state index contributed by atoms with van der Waals surface area (Å²) >= 11 is 0. The van der Waals surface area contributed by atoms with Gasteiger partial charge in [-0.1, -0.05) is 25.1 Å². The number of amides is 1. The van der Waals surface area contributed by atoms with E-state index in [0.717, 1.165) is 17.8 Å². The molecule has 0 unspecified atom stereocenters. The van der Waals surface area contributed by atoms with Gasteiger partial charge in [-0.05, 0) is 24.6 Å². The number of carbonyl (C=O) groups is 1. The van der Waals surface area contributed by atoms with Gasteiger partial charge in [-0.2, -0.15) is 13.2 Å². The monoisotopic (exact) mass is 377 g/mol. The topological polar surface area (TPSA) is 55.6 Å². The molecule has 0 bridgehead atoms. The molecule has 0 aliphatic rings. The van der Waals surface area contributed by atoms with Gasteiger partial charge in [0, 0.05) is 18.3 Å². The third-order valence-electron chi connectivity index (χ3n) is 4.20. The molecule has 2 heterocycles. The maximum absolute atomic E-state index is 13.0. The predicted molar refractivity (Wildman–Crippen MR) is 93.7 cm³/mol. The second kappa shape index (κ2) is 7.30. The van der Waals surface area contributed by atoms with E-state index in [4.69, 9.17) is 4.74 Å². The molecule has 1 amide bonds. The minimum atomic E-state index is -4.50. The predicted octanol–water partition coefficient (Wildman–Crippen LogP) is 3.85. The van der Waals surface area contributed by atoms with Crippen LogP contribution in [0.1, 0.15) is 34.2 Å². The van der Waals surface area contributed by atoms with Crippen LogP contribution in [0.25, 0.3) is 5.65 Å². The Bertz CT molecular complexity index is 980. The molecule has 0 radical (unpaired) electrons. The molecule has 27 heavy (non-hydrogen) atoms. The summed E-state index contributed by atoms with van der Waals surface area (Å²) in [6, 6.07) is 9.41. The summed E-state index contributed by atoms with van der Waals surface area (Å²) in [5.74, 6) is 0.121. The van der Waals surface area contributed by atoms with Crippen LogP contribution < -0.4 is 10.1 Å². The first-order valence-electron chi connectivity index (χ1n) is 8.33. The van der Waals surface area contributed by atoms with Crippen LogP contribution in [0, 0.1) is 0 Å². The molecule has 1 aromatic carbocycles. The molecule has 142 valence electrons. The van der Waals surface area contributed by atoms with Crippen molar-refractivity contribution in [2.24, 2.45) is 0 Å². The fraction of sp³-hybridized carbons (Fsp3) is 0.263. The average molecular weight is 377 g/mol. The fourth-order valence-electron chi connectivity index (χ4n) is 2.86. The number of carbonyl (C=O) groups excluding carboxylic acids is 1. The van der Waals surface area contributed by atoms with Gasteiger partial charge in [-0.3, -0.25) is 9.20 Å². The second-order valence-electron chi connectivity index (χ2n) is 5.90. The van der Waals surface area contributed by atoms with Gasteiger partial charge in [-0.25, -0.2) is 4.98 Å². The average Bonchev–Trinajstić information content (AvgIpc) is 3.03. The van der Waals surface area contributed by atoms with Gasteiger partial charge >= 0.3 is 6.18 Å². The third kappa shape index (κ3) is 3.74. The number of ether oxygens (including phenoxy) is 1. The minimum Gasteiger partial charge on any atom is -0.496 e. The van der Waals surface area contributed by atoms with Crippen molar-refractivity contribution in [2.75, 3.05) is 7.11 Å². The van der Waals surface area contributed by atoms with Crippen molar-refractivity contribution in [1.82, 2.24) is 14.7 Å². The molecule has 0 atom stereocenters. The summed E-state index contributed by atoms with van der Waals surface area (Å²) in [5.41, 5.74) is 0.757. The van der Waals surface area contributed by atoms with E-state index >= 15 is 0 Å². The van der Waals surface area contributed by atoms with Crippen molar-refractivity contribution >= 4 is 11.6 Å². The summed E-state index contributed by atoms with van der Waals surface area (Å²) in [7, 11) is 1.53. The Morgan fingerprint density at radius 1 is 1.22 bits per heavy atom. The molecule has 3 rings (SSSR count). The lowest BCUT2D eigenvalue weighted by atomic mass is 10.2. The normalized spacial score (nSPS) is 11.6. The largest absolute Gasteiger partial charge is 0.496 e. The number of nitrogens with zero attached hydrogens (tertiary/aromatic N) is 2. The molecular formula is C19H18F3N3O2. The van der Waals surface area contributed by atoms with Crippen LogP contribution in [0.2, 0.25) is 0 Å². The van der Waals surface area contributed by atoms with Crippen LogP contribution in [0.15, 0.2) is 42.6 Å². The van der Waals surface area contributed by atoms with Crippen LogP contribution in [0.3, 0.4) is 0 Å². The van der Waals surface area contributed by atoms with Gasteiger partial charge in [0.1, 0.15) is 17.1 Å². The van der Waals surface area contributed by atoms with Gasteiger partial charge < -0.3 is 10.1 Å². The molecule has 3 aromatic rings. The summed E-state index contributed by atoms with van der Waals surface area (Å²) in [4.78, 5) is 17.0. The van der Waals surface area contributed by atoms with Gasteiger partial charge in [0.05, 0.1) is 18.4 Å². The Morgan fingerprint density at radius 2 is 1.96 bits per heavy atom. The highest BCUT2D eigenvalue weighted by molar-refractivity contribution is 5.94. The summed E-state index contributed by atoms with van der Waals surface area (Å²) in [5, 5.41) is 2.74. The van der Waals surface area contributed by atoms with E-state index in [-0.39, 0.29) is 12.2 Å². The van der Waals surface area contributed by atoms with E-state index in [9.17, 15) is 18.0 Å². The maximum atomic E-state index is 13.0. The first-order chi connectivity index (χ1) is 12.8. The van der Waals surface area contributed by atoms with E-state index in [1.165, 1.54) is 17.6 Å². The first-order valence-corrected chi connectivity index (χ1v) is 8.33. The number of fused-ring (bicyclic) bond motifs is 1. The Balaban J connectivity index is 1.95. The lowest BCUT2D eigenvalue weighted by molar-refractivity contribution is -0.137. The Kier molecular flexibility index (Phi) is 5.07. The molecule has 0 aliphatic heterocycles. The smallest absolute Gasteiger partial charge is 0.417 e. The van der Waals surface area contributed by atoms with Gasteiger partial charge in [-0.15, -0.1) is 0 Å². The number of pyridine rings is 1. The minimum absolute atomic E-state index is 0.105. The highest BCUT2D eigenvalue weighted by Crippen LogP contribution is 2.30. The van der Waals surface area contributed by atoms with E-state index in [2.05, 4.69) is 10.3 Å². The molecule has 0 saturated heterocycles. The van der Waals surface area contributed by atoms with Crippen molar-refractivity contribution in [3.63, 3.8) is 0 Å². The highest BCUT2D eigenvalue weighted by Gasteiger charge is 2.31. The van der Waals surface area contributed by atoms with Crippen LogP contribution in [-0.4, -0.2) is 22.4 Å². The number of hydrogen-bond acceptors (Lipinski definition) is 3. The van der Waals surface area contributed by atoms with Crippen molar-refractivity contribution in [3.8, 4) is 5.75 Å². The first kappa shape index (κ1) is 18.8. The van der Waals surface area contributed by atoms with E-state index in [1.54, 1.807) is 19.1 Å². The molecule has 1 N–H and O–H groups in total. The molecule has 5 nitrogen and oxygen atoms in total. The quantitative estimate of drug-likeness (QED) is 0.735. The molecule has 0 saturated carbocycles. The number of halogens is 3. The van der Waals surface area contributed by atoms with Crippen LogP contribution in [0.4, 0.5) is 13.2 Å². The second-order valence-corrected chi connectivity index (χ2v) is 5.90. The number of aromatic nitrogens is 2. The van der Waals surface area contributed by atoms with Gasteiger partial charge in [0.15, 0.2) is 0 Å². The Labute approximate surface area is 153 Å². The van der Waals surface area contributed by atoms with Crippen molar-refractivity contribution in [2.45, 2.75) is 26.1 Å². The van der Waals surface area contributed by atoms with Crippen molar-refractivity contribution in [1.29, 1.82) is 0 Å². The lowest BCUT2D eigenvalue weighted by Gasteiger charge is -2.11. The number of imidazole rings is 1. The summed E-state index contributed by atoms with van der Waals surface area (Å²) in [6.45, 7) is 1.97. The Hall–Kier alpha value is -3.03. The number of para-hydroxylation sites is 1. The zero-order chi connectivity index (χ0) is 19.6. The standard InChI is InChI=1S/C19H18F3N3O2/c1-3-14-17(18(26)23-10-12-6-4-5-7-15(12)27-2)25-11-13(19(20,21)22)8-9-16(25)24-14/h4-9,11H,3,10H2,1-2H3,(H,23,26). The van der Waals surface area contributed by atoms with Crippen LogP contribution in [0.5, 0.6) is 5.75 Å². The van der Waals surface area contributed by atoms with Crippen LogP contribution in [-0.2, 0) is 19.1 Å². The van der Waals surface area contributed by atoms with E-state index in [0.29, 0.717) is 23.5 Å². The Morgan fingerprint density at radius 3 is 2.63 bits per heavy atom. The number of nitrogens with one attached hydrogen (secondary N) is 1. The third-order valence-corrected chi connectivity index (χ3v) is 4.20. The lowest BCUT2D eigenvalue weighted by Crippen LogP contribution is -2.25. The summed E-state index contributed by atoms with van der Waals surface area (Å²) in [6.07, 6.45) is -3.18. The van der Waals surface area contributed by atoms with Crippen molar-refractivity contribution in [3.05, 3.63) is 65.1 Å². The number of hydrogen-bond donors (Lipinski definition) is 1. The number of rotatable bonds is 5. The van der Waals surface area contributed by atoms with E-state index < -0.39 is 17.6 Å². The van der Waals surface area contributed by atoms with Gasteiger partial charge in [0.2, 0.25) is 0 Å². The zero-order valence-corrected chi connectivity index (χ0v) is 14.8. The van der Waals surface area contributed by atoms with Gasteiger partial charge in [0.25, 0.3) is 5.91 Å². The number of methoxy groups -OCH3 is 1. The SMILES string of the molecule is CCc1nc2ccc(C(F)(F)F)cn2c1C(=O)NCc1ccccc1OC. The molecule has 0 aliphatic carbocycles. The van der Waals surface area contributed by atoms with Crippen LogP contribution >= 0.6 is 0 Å². The molecular weight excluding hydrogens is 359 g/mol. The number of alkyl halides is 3. The van der Waals surface area contributed by atoms with E-state index in [1.807, 2.05) is 12.1 Å². The number of aryl methyl sites for hydroxylation is 1. The highest BCUT2D eigenvalue weighted by atomic mass is 19.4. The number of benzene rings is 1. The molecule has 0 fully saturated rings. The molecule has 2 aromatic heterocycles. The summed E-state index contributed by atoms with van der Waals surface area (Å²) < 4.78 is 45.6. The van der Waals surface area contributed by atoms with Crippen molar-refractivity contribution < 1.29 is 22.7 Å². The maximum Gasteiger partial charge on any atom is 0.417 e. The molecule has 0 spiro atoms. The zero-order valence-electron chi connectivity index (χ0n) is 14.8. The molecule has 8 heteroatoms. The fourth-order valence-corrected chi connectivity index (χ4v) is 2.86.